The van der Waals surface area contributed by atoms with Crippen molar-refractivity contribution in [3.8, 4) is 0 Å². The second-order valence-corrected chi connectivity index (χ2v) is 25.6. The predicted molar refractivity (Wildman–Crippen MR) is 360 cm³/mol. The standard InChI is InChI=1S/2C36H58O7S.Ca/c2*1-3-5-7-9-11-13-15-17-19-21-23-25-30-42-35(37)32-28-27-29-33(44(39,40)41)34(32)36(38)43-31-26-24-22-20-18-16-14-12-10-8-6-4-2;/h2*17-20,27-29H,3-16,21-26,30-31H2,1-2H3,(H,39,40,41);/q;;+2/p-2/b2*19-17+,20-18+;. The van der Waals surface area contributed by atoms with E-state index in [2.05, 4.69) is 76.3 Å². The number of esters is 4. The van der Waals surface area contributed by atoms with Crippen molar-refractivity contribution in [2.45, 2.75) is 294 Å². The van der Waals surface area contributed by atoms with E-state index in [-0.39, 0.29) is 75.3 Å². The van der Waals surface area contributed by atoms with Crippen molar-refractivity contribution in [1.29, 1.82) is 0 Å². The molecule has 89 heavy (non-hydrogen) atoms. The molecule has 0 N–H and O–H groups in total. The zero-order valence-electron chi connectivity index (χ0n) is 55.4. The number of allylic oxidation sites excluding steroid dienone is 8. The van der Waals surface area contributed by atoms with Gasteiger partial charge in [-0.05, 0) is 153 Å². The minimum Gasteiger partial charge on any atom is -0.744 e. The largest absolute Gasteiger partial charge is 2.00 e. The molecule has 0 saturated carbocycles. The van der Waals surface area contributed by atoms with Crippen molar-refractivity contribution in [2.24, 2.45) is 0 Å². The zero-order valence-corrected chi connectivity index (χ0v) is 59.3. The minimum absolute atomic E-state index is 0. The minimum atomic E-state index is -5.02. The molecular formula is C72H114CaO14S2. The molecule has 2 aromatic carbocycles. The maximum absolute atomic E-state index is 12.9. The molecule has 0 aliphatic carbocycles. The predicted octanol–water partition coefficient (Wildman–Crippen LogP) is 19.3. The summed E-state index contributed by atoms with van der Waals surface area (Å²) < 4.78 is 92.5. The monoisotopic (exact) mass is 1310 g/mol. The first-order valence-electron chi connectivity index (χ1n) is 34.1. The number of benzene rings is 2. The fourth-order valence-corrected chi connectivity index (χ4v) is 11.1. The first-order valence-corrected chi connectivity index (χ1v) is 36.9. The Morgan fingerprint density at radius 3 is 0.742 bits per heavy atom. The maximum Gasteiger partial charge on any atom is 2.00 e. The Kier molecular flexibility index (Phi) is 55.8. The van der Waals surface area contributed by atoms with E-state index in [4.69, 9.17) is 18.9 Å². The van der Waals surface area contributed by atoms with E-state index in [1.165, 1.54) is 178 Å². The fraction of sp³-hybridized carbons (Fsp3) is 0.667. The Hall–Kier alpha value is -3.64. The molecule has 0 aromatic heterocycles. The van der Waals surface area contributed by atoms with Gasteiger partial charge in [-0.3, -0.25) is 0 Å². The molecule has 0 aliphatic heterocycles. The van der Waals surface area contributed by atoms with Crippen LogP contribution in [0.5, 0.6) is 0 Å². The maximum atomic E-state index is 12.9. The summed E-state index contributed by atoms with van der Waals surface area (Å²) in [5, 5.41) is 0. The van der Waals surface area contributed by atoms with E-state index in [9.17, 15) is 45.1 Å². The number of hydrogen-bond acceptors (Lipinski definition) is 14. The molecule has 0 unspecified atom stereocenters. The second-order valence-electron chi connectivity index (χ2n) is 22.9. The Labute approximate surface area is 569 Å². The van der Waals surface area contributed by atoms with Gasteiger partial charge in [0.1, 0.15) is 20.2 Å². The average molecular weight is 1310 g/mol. The smallest absolute Gasteiger partial charge is 0.744 e. The molecule has 0 amide bonds. The van der Waals surface area contributed by atoms with Crippen LogP contribution in [0, 0.1) is 0 Å². The molecular weight excluding hydrogens is 1190 g/mol. The van der Waals surface area contributed by atoms with Gasteiger partial charge in [-0.1, -0.05) is 217 Å². The third-order valence-corrected chi connectivity index (χ3v) is 16.8. The number of carbonyl (C=O) groups excluding carboxylic acids is 4. The van der Waals surface area contributed by atoms with Gasteiger partial charge >= 0.3 is 61.6 Å². The summed E-state index contributed by atoms with van der Waals surface area (Å²) in [7, 11) is -10.0. The SMILES string of the molecule is CCCCCCCC/C=C/CCCCOC(=O)c1cccc(S(=O)(=O)[O-])c1C(=O)OCCCC/C=C/CCCCCCCC.CCCCCCCC/C=C/CCCCOC(=O)c1cccc(S(=O)(=O)[O-])c1C(=O)OCCCC/C=C/CCCCCCCC.[Ca+2]. The van der Waals surface area contributed by atoms with Crippen molar-refractivity contribution < 1.29 is 64.1 Å². The third-order valence-electron chi connectivity index (χ3n) is 15.0. The normalized spacial score (nSPS) is 11.8. The fourth-order valence-electron chi connectivity index (χ4n) is 9.77. The van der Waals surface area contributed by atoms with Gasteiger partial charge in [-0.2, -0.15) is 0 Å². The van der Waals surface area contributed by atoms with Crippen LogP contribution in [0.15, 0.2) is 94.8 Å². The van der Waals surface area contributed by atoms with Crippen LogP contribution in [-0.4, -0.2) is 114 Å². The van der Waals surface area contributed by atoms with Crippen LogP contribution >= 0.6 is 0 Å². The number of carbonyl (C=O) groups is 4. The first-order chi connectivity index (χ1) is 42.6. The van der Waals surface area contributed by atoms with Gasteiger partial charge in [0.15, 0.2) is 0 Å². The van der Waals surface area contributed by atoms with Crippen molar-refractivity contribution in [3.63, 3.8) is 0 Å². The van der Waals surface area contributed by atoms with Crippen LogP contribution < -0.4 is 0 Å². The molecule has 500 valence electrons. The Morgan fingerprint density at radius 1 is 0.315 bits per heavy atom. The summed E-state index contributed by atoms with van der Waals surface area (Å²) in [6, 6.07) is 7.11. The van der Waals surface area contributed by atoms with Crippen LogP contribution in [0.2, 0.25) is 0 Å². The summed E-state index contributed by atoms with van der Waals surface area (Å²) in [5.74, 6) is -3.73. The van der Waals surface area contributed by atoms with Crippen LogP contribution in [0.25, 0.3) is 0 Å². The molecule has 2 aromatic rings. The van der Waals surface area contributed by atoms with Gasteiger partial charge < -0.3 is 28.1 Å². The van der Waals surface area contributed by atoms with Crippen molar-refractivity contribution in [3.05, 3.63) is 107 Å². The summed E-state index contributed by atoms with van der Waals surface area (Å²) in [6.07, 6.45) is 61.3. The zero-order chi connectivity index (χ0) is 64.6. The third kappa shape index (κ3) is 45.3. The molecule has 0 heterocycles. The van der Waals surface area contributed by atoms with Crippen molar-refractivity contribution in [1.82, 2.24) is 0 Å². The number of rotatable bonds is 54. The Morgan fingerprint density at radius 2 is 0.517 bits per heavy atom. The number of ether oxygens (including phenoxy) is 4. The quantitative estimate of drug-likeness (QED) is 0.0150. The van der Waals surface area contributed by atoms with E-state index in [1.54, 1.807) is 0 Å². The van der Waals surface area contributed by atoms with E-state index in [1.807, 2.05) is 0 Å². The van der Waals surface area contributed by atoms with E-state index < -0.39 is 65.0 Å². The van der Waals surface area contributed by atoms with E-state index in [0.717, 1.165) is 89.2 Å². The molecule has 0 saturated heterocycles. The van der Waals surface area contributed by atoms with Crippen LogP contribution in [0.3, 0.4) is 0 Å². The van der Waals surface area contributed by atoms with Gasteiger partial charge in [0.2, 0.25) is 0 Å². The van der Waals surface area contributed by atoms with Gasteiger partial charge in [0.05, 0.1) is 58.5 Å². The summed E-state index contributed by atoms with van der Waals surface area (Å²) in [6.45, 7) is 9.22. The van der Waals surface area contributed by atoms with E-state index >= 15 is 0 Å². The van der Waals surface area contributed by atoms with Crippen molar-refractivity contribution >= 4 is 81.9 Å². The van der Waals surface area contributed by atoms with Crippen molar-refractivity contribution in [2.75, 3.05) is 26.4 Å². The van der Waals surface area contributed by atoms with E-state index in [0.29, 0.717) is 25.7 Å². The summed E-state index contributed by atoms with van der Waals surface area (Å²) >= 11 is 0. The molecule has 0 aliphatic rings. The van der Waals surface area contributed by atoms with Gasteiger partial charge in [-0.25, -0.2) is 36.0 Å². The Bertz CT molecular complexity index is 2330. The molecule has 0 fully saturated rings. The molecule has 0 atom stereocenters. The molecule has 0 spiro atoms. The number of hydrogen-bond donors (Lipinski definition) is 0. The van der Waals surface area contributed by atoms with Crippen LogP contribution in [0.4, 0.5) is 0 Å². The molecule has 17 heteroatoms. The Balaban J connectivity index is 0.00000172. The first kappa shape index (κ1) is 85.4. The molecule has 0 radical (unpaired) electrons. The average Bonchev–Trinajstić information content (AvgIpc) is 3.38. The summed E-state index contributed by atoms with van der Waals surface area (Å²) in [4.78, 5) is 49.8. The summed E-state index contributed by atoms with van der Waals surface area (Å²) in [5.41, 5.74) is -1.65. The topological polar surface area (TPSA) is 220 Å². The van der Waals surface area contributed by atoms with Gasteiger partial charge in [0, 0.05) is 0 Å². The molecule has 0 bridgehead atoms. The molecule has 2 rings (SSSR count). The van der Waals surface area contributed by atoms with Gasteiger partial charge in [-0.15, -0.1) is 0 Å². The van der Waals surface area contributed by atoms with Gasteiger partial charge in [0.25, 0.3) is 0 Å². The second kappa shape index (κ2) is 58.2. The number of unbranched alkanes of at least 4 members (excludes halogenated alkanes) is 32. The van der Waals surface area contributed by atoms with Crippen LogP contribution in [0.1, 0.15) is 326 Å². The molecule has 14 nitrogen and oxygen atoms in total. The van der Waals surface area contributed by atoms with Crippen LogP contribution in [-0.2, 0) is 39.2 Å².